The highest BCUT2D eigenvalue weighted by atomic mass is 35.9. The Labute approximate surface area is 58.9 Å². The van der Waals surface area contributed by atoms with Crippen LogP contribution in [0.5, 0.6) is 0 Å². The zero-order valence-electron chi connectivity index (χ0n) is 4.10. The van der Waals surface area contributed by atoms with E-state index in [1.807, 2.05) is 0 Å². The predicted octanol–water partition coefficient (Wildman–Crippen LogP) is 3.04. The highest BCUT2D eigenvalue weighted by molar-refractivity contribution is 8.06. The second kappa shape index (κ2) is 2.91. The van der Waals surface area contributed by atoms with Crippen LogP contribution >= 0.6 is 29.1 Å². The normalized spacial score (nSPS) is 18.6. The monoisotopic (exact) mass is 170 g/mol. The van der Waals surface area contributed by atoms with Gasteiger partial charge in [-0.1, -0.05) is 22.5 Å². The zero-order valence-corrected chi connectivity index (χ0v) is 6.51. The summed E-state index contributed by atoms with van der Waals surface area (Å²) in [5.74, 6) is 0. The van der Waals surface area contributed by atoms with Gasteiger partial charge >= 0.3 is 0 Å². The minimum atomic E-state index is -0.921. The lowest BCUT2D eigenvalue weighted by Crippen LogP contribution is -1.73. The molecule has 1 aliphatic heterocycles. The number of hydrogen-bond acceptors (Lipinski definition) is 1. The third-order valence-electron chi connectivity index (χ3n) is 0.913. The largest absolute Gasteiger partial charge is 0.500 e. The Morgan fingerprint density at radius 1 is 1.62 bits per heavy atom. The lowest BCUT2D eigenvalue weighted by Gasteiger charge is -1.93. The fourth-order valence-corrected chi connectivity index (χ4v) is 1.66. The maximum Gasteiger partial charge on any atom is 0.116 e. The van der Waals surface area contributed by atoms with Crippen LogP contribution in [0.3, 0.4) is 0 Å². The first kappa shape index (κ1) is 6.67. The van der Waals surface area contributed by atoms with Gasteiger partial charge in [0.15, 0.2) is 0 Å². The summed E-state index contributed by atoms with van der Waals surface area (Å²) in [5.41, 5.74) is 0. The van der Waals surface area contributed by atoms with Crippen molar-refractivity contribution < 1.29 is 4.74 Å². The fourth-order valence-electron chi connectivity index (χ4n) is 0.502. The van der Waals surface area contributed by atoms with Gasteiger partial charge in [0.05, 0.1) is 12.9 Å². The van der Waals surface area contributed by atoms with Crippen molar-refractivity contribution in [1.82, 2.24) is 0 Å². The van der Waals surface area contributed by atoms with Crippen LogP contribution in [0, 0.1) is 0 Å². The molecule has 1 nitrogen and oxygen atoms in total. The lowest BCUT2D eigenvalue weighted by atomic mass is 10.5. The minimum Gasteiger partial charge on any atom is -0.500 e. The van der Waals surface area contributed by atoms with E-state index in [9.17, 15) is 0 Å². The molecular formula is C4H5Cl2OP. The third kappa shape index (κ3) is 1.51. The van der Waals surface area contributed by atoms with Crippen molar-refractivity contribution in [3.05, 3.63) is 11.6 Å². The summed E-state index contributed by atoms with van der Waals surface area (Å²) < 4.78 is 4.90. The van der Waals surface area contributed by atoms with Crippen LogP contribution in [0.4, 0.5) is 0 Å². The standard InChI is InChI=1S/C4H5Cl2OP/c5-8(6)4-1-2-7-3-4/h3H,1-2H2. The molecule has 0 unspecified atom stereocenters. The van der Waals surface area contributed by atoms with E-state index in [1.54, 1.807) is 6.26 Å². The molecule has 0 aromatic rings. The van der Waals surface area contributed by atoms with Gasteiger partial charge in [0, 0.05) is 11.7 Å². The Morgan fingerprint density at radius 2 is 2.38 bits per heavy atom. The molecule has 0 amide bonds. The molecule has 0 aromatic heterocycles. The second-order valence-corrected chi connectivity index (χ2v) is 5.05. The number of rotatable bonds is 1. The molecule has 4 heteroatoms. The molecule has 0 N–H and O–H groups in total. The van der Waals surface area contributed by atoms with Gasteiger partial charge in [0.2, 0.25) is 0 Å². The molecule has 1 aliphatic rings. The molecule has 0 radical (unpaired) electrons. The molecule has 0 saturated carbocycles. The van der Waals surface area contributed by atoms with Gasteiger partial charge in [-0.2, -0.15) is 0 Å². The summed E-state index contributed by atoms with van der Waals surface area (Å²) in [5, 5.41) is 1.04. The van der Waals surface area contributed by atoms with Gasteiger partial charge in [0.1, 0.15) is 6.63 Å². The van der Waals surface area contributed by atoms with Crippen LogP contribution in [0.2, 0.25) is 0 Å². The number of hydrogen-bond donors (Lipinski definition) is 0. The molecule has 0 spiro atoms. The second-order valence-electron chi connectivity index (χ2n) is 1.46. The highest BCUT2D eigenvalue weighted by Gasteiger charge is 2.12. The van der Waals surface area contributed by atoms with Crippen molar-refractivity contribution >= 4 is 29.1 Å². The van der Waals surface area contributed by atoms with Gasteiger partial charge < -0.3 is 4.74 Å². The summed E-state index contributed by atoms with van der Waals surface area (Å²) in [6.45, 7) is -0.177. The number of ether oxygens (including phenoxy) is 1. The van der Waals surface area contributed by atoms with Crippen molar-refractivity contribution in [2.45, 2.75) is 6.42 Å². The van der Waals surface area contributed by atoms with Crippen molar-refractivity contribution in [1.29, 1.82) is 0 Å². The SMILES string of the molecule is ClP(Cl)C1=COCC1. The fraction of sp³-hybridized carbons (Fsp3) is 0.500. The molecule has 0 fully saturated rings. The summed E-state index contributed by atoms with van der Waals surface area (Å²) in [4.78, 5) is 0. The van der Waals surface area contributed by atoms with E-state index in [0.29, 0.717) is 0 Å². The smallest absolute Gasteiger partial charge is 0.116 e. The first-order valence-electron chi connectivity index (χ1n) is 2.23. The molecular weight excluding hydrogens is 166 g/mol. The van der Waals surface area contributed by atoms with Gasteiger partial charge in [-0.25, -0.2) is 0 Å². The van der Waals surface area contributed by atoms with E-state index in [1.165, 1.54) is 0 Å². The first-order valence-corrected chi connectivity index (χ1v) is 5.38. The first-order chi connectivity index (χ1) is 3.80. The maximum atomic E-state index is 5.57. The van der Waals surface area contributed by atoms with Crippen LogP contribution in [-0.4, -0.2) is 6.61 Å². The number of halogens is 2. The quantitative estimate of drug-likeness (QED) is 0.550. The average Bonchev–Trinajstić information content (AvgIpc) is 2.12. The Kier molecular flexibility index (Phi) is 2.43. The highest BCUT2D eigenvalue weighted by Crippen LogP contribution is 2.56. The van der Waals surface area contributed by atoms with Gasteiger partial charge in [-0.05, 0) is 0 Å². The summed E-state index contributed by atoms with van der Waals surface area (Å²) >= 11 is 11.1. The average molecular weight is 171 g/mol. The molecule has 46 valence electrons. The van der Waals surface area contributed by atoms with E-state index in [0.717, 1.165) is 18.3 Å². The van der Waals surface area contributed by atoms with Crippen molar-refractivity contribution in [3.8, 4) is 0 Å². The molecule has 1 heterocycles. The van der Waals surface area contributed by atoms with Crippen molar-refractivity contribution in [2.24, 2.45) is 0 Å². The van der Waals surface area contributed by atoms with E-state index in [-0.39, 0.29) is 0 Å². The van der Waals surface area contributed by atoms with Crippen molar-refractivity contribution in [2.75, 3.05) is 6.61 Å². The molecule has 8 heavy (non-hydrogen) atoms. The maximum absolute atomic E-state index is 5.57. The molecule has 0 bridgehead atoms. The predicted molar refractivity (Wildman–Crippen MR) is 37.3 cm³/mol. The Bertz CT molecular complexity index is 113. The van der Waals surface area contributed by atoms with Crippen LogP contribution in [0.15, 0.2) is 11.6 Å². The van der Waals surface area contributed by atoms with E-state index in [2.05, 4.69) is 0 Å². The van der Waals surface area contributed by atoms with Gasteiger partial charge in [-0.15, -0.1) is 0 Å². The Morgan fingerprint density at radius 3 is 2.62 bits per heavy atom. The van der Waals surface area contributed by atoms with E-state index < -0.39 is 6.63 Å². The molecule has 0 atom stereocenters. The topological polar surface area (TPSA) is 9.23 Å². The molecule has 0 saturated heterocycles. The van der Waals surface area contributed by atoms with Crippen molar-refractivity contribution in [3.63, 3.8) is 0 Å². The molecule has 1 rings (SSSR count). The summed E-state index contributed by atoms with van der Waals surface area (Å²) in [7, 11) is 0. The van der Waals surface area contributed by atoms with Crippen LogP contribution < -0.4 is 0 Å². The molecule has 0 aromatic carbocycles. The Balaban J connectivity index is 2.45. The van der Waals surface area contributed by atoms with E-state index in [4.69, 9.17) is 27.2 Å². The lowest BCUT2D eigenvalue weighted by molar-refractivity contribution is 0.281. The minimum absolute atomic E-state index is 0.744. The summed E-state index contributed by atoms with van der Waals surface area (Å²) in [6, 6.07) is 0. The third-order valence-corrected chi connectivity index (χ3v) is 2.98. The molecule has 0 aliphatic carbocycles. The zero-order chi connectivity index (χ0) is 5.98. The Hall–Kier alpha value is 0.550. The van der Waals surface area contributed by atoms with Crippen LogP contribution in [0.1, 0.15) is 6.42 Å². The van der Waals surface area contributed by atoms with E-state index >= 15 is 0 Å². The summed E-state index contributed by atoms with van der Waals surface area (Å²) in [6.07, 6.45) is 2.56. The van der Waals surface area contributed by atoms with Crippen LogP contribution in [-0.2, 0) is 4.74 Å². The van der Waals surface area contributed by atoms with Crippen LogP contribution in [0.25, 0.3) is 0 Å². The van der Waals surface area contributed by atoms with Gasteiger partial charge in [-0.3, -0.25) is 0 Å². The van der Waals surface area contributed by atoms with Gasteiger partial charge in [0.25, 0.3) is 0 Å².